The maximum atomic E-state index is 13.8. The minimum atomic E-state index is -0.858. The van der Waals surface area contributed by atoms with Gasteiger partial charge in [0, 0.05) is 19.2 Å². The Balaban J connectivity index is 1.54. The van der Waals surface area contributed by atoms with Crippen molar-refractivity contribution in [3.63, 3.8) is 0 Å². The smallest absolute Gasteiger partial charge is 0.243 e. The Labute approximate surface area is 227 Å². The van der Waals surface area contributed by atoms with Crippen molar-refractivity contribution in [3.05, 3.63) is 131 Å². The van der Waals surface area contributed by atoms with Crippen LogP contribution in [0.1, 0.15) is 33.7 Å². The number of carbonyl (C=O) groups is 3. The topological polar surface area (TPSA) is 140 Å². The third-order valence-electron chi connectivity index (χ3n) is 6.31. The number of benzene rings is 3. The number of nitrogens with two attached hydrogens (primary N) is 2. The number of nitrogens with one attached hydrogen (secondary N) is 2. The number of carbonyl (C=O) groups excluding carboxylic acids is 3. The van der Waals surface area contributed by atoms with Gasteiger partial charge in [0.2, 0.25) is 17.7 Å². The van der Waals surface area contributed by atoms with Crippen LogP contribution in [-0.4, -0.2) is 28.7 Å². The van der Waals surface area contributed by atoms with Gasteiger partial charge in [0.25, 0.3) is 0 Å². The normalized spacial score (nSPS) is 11.5. The number of nitrogen functional groups attached to an aromatic ring is 1. The highest BCUT2D eigenvalue weighted by Crippen LogP contribution is 2.25. The van der Waals surface area contributed by atoms with E-state index in [1.54, 1.807) is 30.5 Å². The first-order valence-electron chi connectivity index (χ1n) is 12.6. The minimum Gasteiger partial charge on any atom is -0.384 e. The molecule has 1 unspecified atom stereocenters. The molecule has 4 rings (SSSR count). The fourth-order valence-electron chi connectivity index (χ4n) is 4.40. The van der Waals surface area contributed by atoms with E-state index in [4.69, 9.17) is 11.5 Å². The molecule has 198 valence electrons. The van der Waals surface area contributed by atoms with E-state index in [1.807, 2.05) is 72.8 Å². The van der Waals surface area contributed by atoms with Crippen LogP contribution in [0.15, 0.2) is 103 Å². The third kappa shape index (κ3) is 7.75. The van der Waals surface area contributed by atoms with E-state index in [0.29, 0.717) is 5.82 Å². The molecule has 6 N–H and O–H groups in total. The van der Waals surface area contributed by atoms with Gasteiger partial charge in [-0.3, -0.25) is 14.4 Å². The van der Waals surface area contributed by atoms with Gasteiger partial charge in [-0.05, 0) is 39.9 Å². The zero-order valence-corrected chi connectivity index (χ0v) is 21.4. The number of primary amides is 1. The van der Waals surface area contributed by atoms with Crippen molar-refractivity contribution in [2.45, 2.75) is 31.3 Å². The van der Waals surface area contributed by atoms with Gasteiger partial charge in [-0.15, -0.1) is 0 Å². The highest BCUT2D eigenvalue weighted by atomic mass is 16.2. The predicted octanol–water partition coefficient (Wildman–Crippen LogP) is 2.87. The van der Waals surface area contributed by atoms with Crippen LogP contribution in [0, 0.1) is 0 Å². The van der Waals surface area contributed by atoms with Crippen LogP contribution in [0.3, 0.4) is 0 Å². The van der Waals surface area contributed by atoms with Crippen LogP contribution in [0.25, 0.3) is 0 Å². The number of amides is 3. The van der Waals surface area contributed by atoms with Crippen LogP contribution in [0.5, 0.6) is 0 Å². The Bertz CT molecular complexity index is 1370. The number of nitrogens with zero attached hydrogens (tertiary/aromatic N) is 1. The molecule has 1 aromatic heterocycles. The summed E-state index contributed by atoms with van der Waals surface area (Å²) in [7, 11) is 0. The summed E-state index contributed by atoms with van der Waals surface area (Å²) in [6.07, 6.45) is 1.96. The number of hydrogen-bond donors (Lipinski definition) is 4. The van der Waals surface area contributed by atoms with Crippen LogP contribution in [0.2, 0.25) is 0 Å². The second-order valence-corrected chi connectivity index (χ2v) is 9.29. The molecule has 8 nitrogen and oxygen atoms in total. The monoisotopic (exact) mass is 521 g/mol. The lowest BCUT2D eigenvalue weighted by molar-refractivity contribution is -0.129. The Kier molecular flexibility index (Phi) is 9.03. The van der Waals surface area contributed by atoms with Crippen molar-refractivity contribution in [2.75, 3.05) is 5.73 Å². The summed E-state index contributed by atoms with van der Waals surface area (Å²) in [6.45, 7) is 0.251. The Morgan fingerprint density at radius 3 is 1.90 bits per heavy atom. The van der Waals surface area contributed by atoms with Gasteiger partial charge >= 0.3 is 0 Å². The highest BCUT2D eigenvalue weighted by Gasteiger charge is 2.28. The standard InChI is InChI=1S/C31H31N5O3/c32-27-18-23(15-16-34-27)17-26(30(38)35-20-22-13-11-21(12-14-22)19-28(33)37)36-31(39)29(24-7-3-1-4-8-24)25-9-5-2-6-10-25/h1-16,18,26,29H,17,19-20H2,(H2,32,34)(H2,33,37)(H,35,38)(H,36,39). The number of rotatable bonds is 11. The molecule has 3 amide bonds. The van der Waals surface area contributed by atoms with Crippen LogP contribution >= 0.6 is 0 Å². The number of anilines is 1. The third-order valence-corrected chi connectivity index (χ3v) is 6.31. The van der Waals surface area contributed by atoms with E-state index in [0.717, 1.165) is 27.8 Å². The van der Waals surface area contributed by atoms with E-state index in [2.05, 4.69) is 15.6 Å². The lowest BCUT2D eigenvalue weighted by atomic mass is 9.90. The summed E-state index contributed by atoms with van der Waals surface area (Å²) in [5.74, 6) is -1.29. The molecule has 3 aromatic carbocycles. The molecule has 0 bridgehead atoms. The fourth-order valence-corrected chi connectivity index (χ4v) is 4.40. The summed E-state index contributed by atoms with van der Waals surface area (Å²) >= 11 is 0. The van der Waals surface area contributed by atoms with Crippen LogP contribution < -0.4 is 22.1 Å². The van der Waals surface area contributed by atoms with Crippen molar-refractivity contribution in [3.8, 4) is 0 Å². The lowest BCUT2D eigenvalue weighted by Gasteiger charge is -2.23. The number of pyridine rings is 1. The second kappa shape index (κ2) is 13.0. The molecule has 8 heteroatoms. The van der Waals surface area contributed by atoms with Crippen LogP contribution in [-0.2, 0) is 33.8 Å². The molecule has 4 aromatic rings. The van der Waals surface area contributed by atoms with Gasteiger partial charge in [0.1, 0.15) is 11.9 Å². The van der Waals surface area contributed by atoms with Crippen molar-refractivity contribution >= 4 is 23.5 Å². The SMILES string of the molecule is NC(=O)Cc1ccc(CNC(=O)C(Cc2ccnc(N)c2)NC(=O)C(c2ccccc2)c2ccccc2)cc1. The molecule has 1 heterocycles. The summed E-state index contributed by atoms with van der Waals surface area (Å²) in [5.41, 5.74) is 15.2. The van der Waals surface area contributed by atoms with Gasteiger partial charge in [0.05, 0.1) is 12.3 Å². The highest BCUT2D eigenvalue weighted by molar-refractivity contribution is 5.92. The first kappa shape index (κ1) is 27.1. The van der Waals surface area contributed by atoms with E-state index < -0.39 is 17.9 Å². The van der Waals surface area contributed by atoms with Crippen LogP contribution in [0.4, 0.5) is 5.82 Å². The predicted molar refractivity (Wildman–Crippen MR) is 150 cm³/mol. The Morgan fingerprint density at radius 1 is 0.744 bits per heavy atom. The average molecular weight is 522 g/mol. The average Bonchev–Trinajstić information content (AvgIpc) is 2.93. The van der Waals surface area contributed by atoms with Crippen molar-refractivity contribution in [2.24, 2.45) is 5.73 Å². The summed E-state index contributed by atoms with van der Waals surface area (Å²) < 4.78 is 0. The Morgan fingerprint density at radius 2 is 1.33 bits per heavy atom. The first-order valence-corrected chi connectivity index (χ1v) is 12.6. The first-order chi connectivity index (χ1) is 18.9. The van der Waals surface area contributed by atoms with Crippen molar-refractivity contribution in [1.82, 2.24) is 15.6 Å². The maximum Gasteiger partial charge on any atom is 0.243 e. The molecule has 0 spiro atoms. The lowest BCUT2D eigenvalue weighted by Crippen LogP contribution is -2.49. The van der Waals surface area contributed by atoms with Gasteiger partial charge in [0.15, 0.2) is 0 Å². The number of aromatic nitrogens is 1. The molecule has 0 aliphatic heterocycles. The zero-order chi connectivity index (χ0) is 27.6. The molecule has 0 aliphatic rings. The molecule has 1 atom stereocenters. The molecular weight excluding hydrogens is 490 g/mol. The van der Waals surface area contributed by atoms with E-state index in [1.165, 1.54) is 0 Å². The molecular formula is C31H31N5O3. The fraction of sp³-hybridized carbons (Fsp3) is 0.161. The van der Waals surface area contributed by atoms with Crippen molar-refractivity contribution in [1.29, 1.82) is 0 Å². The molecule has 0 saturated carbocycles. The summed E-state index contributed by atoms with van der Waals surface area (Å²) in [4.78, 5) is 42.3. The zero-order valence-electron chi connectivity index (χ0n) is 21.4. The second-order valence-electron chi connectivity index (χ2n) is 9.29. The molecule has 0 fully saturated rings. The van der Waals surface area contributed by atoms with Gasteiger partial charge in [-0.2, -0.15) is 0 Å². The van der Waals surface area contributed by atoms with E-state index >= 15 is 0 Å². The quantitative estimate of drug-likeness (QED) is 0.240. The molecule has 0 saturated heterocycles. The van der Waals surface area contributed by atoms with E-state index in [9.17, 15) is 14.4 Å². The van der Waals surface area contributed by atoms with Gasteiger partial charge in [-0.1, -0.05) is 84.9 Å². The molecule has 0 radical (unpaired) electrons. The maximum absolute atomic E-state index is 13.8. The summed E-state index contributed by atoms with van der Waals surface area (Å²) in [6, 6.07) is 28.8. The molecule has 39 heavy (non-hydrogen) atoms. The summed E-state index contributed by atoms with van der Waals surface area (Å²) in [5, 5.41) is 5.91. The van der Waals surface area contributed by atoms with E-state index in [-0.39, 0.29) is 31.2 Å². The largest absolute Gasteiger partial charge is 0.384 e. The van der Waals surface area contributed by atoms with Gasteiger partial charge in [-0.25, -0.2) is 4.98 Å². The van der Waals surface area contributed by atoms with Gasteiger partial charge < -0.3 is 22.1 Å². The van der Waals surface area contributed by atoms with Crippen molar-refractivity contribution < 1.29 is 14.4 Å². The molecule has 0 aliphatic carbocycles. The Hall–Kier alpha value is -4.98. The number of hydrogen-bond acceptors (Lipinski definition) is 5. The minimum absolute atomic E-state index is 0.153.